The van der Waals surface area contributed by atoms with E-state index in [1.165, 1.54) is 9.79 Å². The van der Waals surface area contributed by atoms with Crippen molar-refractivity contribution in [2.75, 3.05) is 0 Å². The van der Waals surface area contributed by atoms with Crippen molar-refractivity contribution in [1.82, 2.24) is 0 Å². The Labute approximate surface area is 122 Å². The molecule has 2 N–H and O–H groups in total. The molecule has 0 unspecified atom stereocenters. The third-order valence-corrected chi connectivity index (χ3v) is 5.07. The van der Waals surface area contributed by atoms with Crippen LogP contribution in [-0.2, 0) is 6.54 Å². The highest BCUT2D eigenvalue weighted by molar-refractivity contribution is 9.10. The van der Waals surface area contributed by atoms with Crippen molar-refractivity contribution in [3.63, 3.8) is 0 Å². The summed E-state index contributed by atoms with van der Waals surface area (Å²) >= 11 is 8.81. The fourth-order valence-corrected chi connectivity index (χ4v) is 3.51. The lowest BCUT2D eigenvalue weighted by molar-refractivity contribution is 1.05. The van der Waals surface area contributed by atoms with Gasteiger partial charge in [0.15, 0.2) is 0 Å². The quantitative estimate of drug-likeness (QED) is 0.835. The van der Waals surface area contributed by atoms with Crippen LogP contribution in [-0.4, -0.2) is 0 Å². The Morgan fingerprint density at radius 3 is 2.41 bits per heavy atom. The third kappa shape index (κ3) is 3.35. The highest BCUT2D eigenvalue weighted by Crippen LogP contribution is 2.34. The van der Waals surface area contributed by atoms with Gasteiger partial charge in [-0.25, -0.2) is 0 Å². The molecule has 0 aromatic heterocycles. The molecule has 0 atom stereocenters. The molecule has 1 nitrogen and oxygen atoms in total. The monoisotopic (exact) mass is 371 g/mol. The van der Waals surface area contributed by atoms with E-state index in [-0.39, 0.29) is 0 Å². The number of halogens is 2. The highest BCUT2D eigenvalue weighted by atomic mass is 79.9. The molecule has 0 heterocycles. The van der Waals surface area contributed by atoms with Crippen LogP contribution in [0, 0.1) is 0 Å². The normalized spacial score (nSPS) is 10.5. The first-order valence-electron chi connectivity index (χ1n) is 5.11. The average molecular weight is 373 g/mol. The Bertz CT molecular complexity index is 529. The summed E-state index contributed by atoms with van der Waals surface area (Å²) < 4.78 is 2.18. The Morgan fingerprint density at radius 2 is 1.76 bits per heavy atom. The van der Waals surface area contributed by atoms with Crippen molar-refractivity contribution in [2.24, 2.45) is 5.73 Å². The summed E-state index contributed by atoms with van der Waals surface area (Å²) in [7, 11) is 0. The minimum Gasteiger partial charge on any atom is -0.326 e. The van der Waals surface area contributed by atoms with Gasteiger partial charge in [0.25, 0.3) is 0 Å². The Hall–Kier alpha value is -0.290. The number of rotatable bonds is 3. The van der Waals surface area contributed by atoms with Crippen molar-refractivity contribution in [1.29, 1.82) is 0 Å². The van der Waals surface area contributed by atoms with Crippen molar-refractivity contribution in [3.05, 3.63) is 57.0 Å². The topological polar surface area (TPSA) is 26.0 Å². The second kappa shape index (κ2) is 6.05. The van der Waals surface area contributed by atoms with E-state index >= 15 is 0 Å². The lowest BCUT2D eigenvalue weighted by Crippen LogP contribution is -1.96. The molecule has 0 saturated heterocycles. The van der Waals surface area contributed by atoms with Gasteiger partial charge in [0.05, 0.1) is 0 Å². The fraction of sp³-hybridized carbons (Fsp3) is 0.0769. The molecule has 0 aliphatic carbocycles. The molecule has 0 spiro atoms. The van der Waals surface area contributed by atoms with Gasteiger partial charge in [-0.3, -0.25) is 0 Å². The van der Waals surface area contributed by atoms with E-state index in [4.69, 9.17) is 5.73 Å². The lowest BCUT2D eigenvalue weighted by atomic mass is 10.2. The largest absolute Gasteiger partial charge is 0.326 e. The third-order valence-electron chi connectivity index (χ3n) is 2.31. The van der Waals surface area contributed by atoms with E-state index in [0.717, 1.165) is 14.5 Å². The van der Waals surface area contributed by atoms with Gasteiger partial charge < -0.3 is 5.73 Å². The van der Waals surface area contributed by atoms with E-state index in [1.54, 1.807) is 11.8 Å². The molecule has 88 valence electrons. The summed E-state index contributed by atoms with van der Waals surface area (Å²) in [5.74, 6) is 0. The molecular weight excluding hydrogens is 362 g/mol. The van der Waals surface area contributed by atoms with E-state index < -0.39 is 0 Å². The lowest BCUT2D eigenvalue weighted by Gasteiger charge is -2.06. The summed E-state index contributed by atoms with van der Waals surface area (Å²) in [6, 6.07) is 14.5. The van der Waals surface area contributed by atoms with Gasteiger partial charge in [-0.05, 0) is 45.8 Å². The second-order valence-corrected chi connectivity index (χ2v) is 6.31. The standard InChI is InChI=1S/C13H11Br2NS/c14-11-3-1-2-4-13(11)17-10-6-5-9(8-16)12(15)7-10/h1-7H,8,16H2. The molecule has 2 aromatic carbocycles. The first-order chi connectivity index (χ1) is 8.20. The Morgan fingerprint density at radius 1 is 1.00 bits per heavy atom. The zero-order chi connectivity index (χ0) is 12.3. The summed E-state index contributed by atoms with van der Waals surface area (Å²) in [5.41, 5.74) is 6.76. The molecule has 0 aliphatic heterocycles. The van der Waals surface area contributed by atoms with E-state index in [9.17, 15) is 0 Å². The van der Waals surface area contributed by atoms with E-state index in [0.29, 0.717) is 6.54 Å². The van der Waals surface area contributed by atoms with E-state index in [1.807, 2.05) is 18.2 Å². The summed E-state index contributed by atoms with van der Waals surface area (Å²) in [6.45, 7) is 0.556. The molecule has 0 aliphatic rings. The van der Waals surface area contributed by atoms with Gasteiger partial charge in [0, 0.05) is 25.3 Å². The molecule has 4 heteroatoms. The average Bonchev–Trinajstić information content (AvgIpc) is 2.32. The van der Waals surface area contributed by atoms with Crippen molar-refractivity contribution >= 4 is 43.6 Å². The number of benzene rings is 2. The number of hydrogen-bond donors (Lipinski definition) is 1. The molecule has 0 saturated carbocycles. The molecule has 0 bridgehead atoms. The molecule has 0 fully saturated rings. The second-order valence-electron chi connectivity index (χ2n) is 3.49. The van der Waals surface area contributed by atoms with Gasteiger partial charge in [0.1, 0.15) is 0 Å². The minimum atomic E-state index is 0.556. The number of hydrogen-bond acceptors (Lipinski definition) is 2. The predicted molar refractivity (Wildman–Crippen MR) is 80.3 cm³/mol. The zero-order valence-corrected chi connectivity index (χ0v) is 13.0. The van der Waals surface area contributed by atoms with Crippen LogP contribution in [0.3, 0.4) is 0 Å². The maximum Gasteiger partial charge on any atom is 0.0314 e. The minimum absolute atomic E-state index is 0.556. The summed E-state index contributed by atoms with van der Waals surface area (Å²) in [6.07, 6.45) is 0. The van der Waals surface area contributed by atoms with E-state index in [2.05, 4.69) is 56.1 Å². The zero-order valence-electron chi connectivity index (χ0n) is 8.99. The summed E-state index contributed by atoms with van der Waals surface area (Å²) in [4.78, 5) is 2.40. The summed E-state index contributed by atoms with van der Waals surface area (Å²) in [5, 5.41) is 0. The predicted octanol–water partition coefficient (Wildman–Crippen LogP) is 4.82. The van der Waals surface area contributed by atoms with Crippen molar-refractivity contribution in [2.45, 2.75) is 16.3 Å². The van der Waals surface area contributed by atoms with Crippen LogP contribution < -0.4 is 5.73 Å². The van der Waals surface area contributed by atoms with Crippen LogP contribution >= 0.6 is 43.6 Å². The van der Waals surface area contributed by atoms with Gasteiger partial charge in [-0.15, -0.1) is 0 Å². The smallest absolute Gasteiger partial charge is 0.0314 e. The molecule has 2 aromatic rings. The van der Waals surface area contributed by atoms with Crippen molar-refractivity contribution < 1.29 is 0 Å². The molecular formula is C13H11Br2NS. The SMILES string of the molecule is NCc1ccc(Sc2ccccc2Br)cc1Br. The van der Waals surface area contributed by atoms with Gasteiger partial charge in [-0.2, -0.15) is 0 Å². The molecule has 17 heavy (non-hydrogen) atoms. The number of nitrogens with two attached hydrogens (primary N) is 1. The Kier molecular flexibility index (Phi) is 4.68. The van der Waals surface area contributed by atoms with Gasteiger partial charge in [0.2, 0.25) is 0 Å². The van der Waals surface area contributed by atoms with Crippen LogP contribution in [0.1, 0.15) is 5.56 Å². The van der Waals surface area contributed by atoms with Crippen LogP contribution in [0.5, 0.6) is 0 Å². The molecule has 2 rings (SSSR count). The van der Waals surface area contributed by atoms with Gasteiger partial charge >= 0.3 is 0 Å². The van der Waals surface area contributed by atoms with Crippen molar-refractivity contribution in [3.8, 4) is 0 Å². The maximum atomic E-state index is 5.63. The first kappa shape index (κ1) is 13.1. The maximum absolute atomic E-state index is 5.63. The van der Waals surface area contributed by atoms with Crippen LogP contribution in [0.15, 0.2) is 61.2 Å². The fourth-order valence-electron chi connectivity index (χ4n) is 1.41. The van der Waals surface area contributed by atoms with Crippen LogP contribution in [0.4, 0.5) is 0 Å². The van der Waals surface area contributed by atoms with Crippen LogP contribution in [0.25, 0.3) is 0 Å². The molecule has 0 radical (unpaired) electrons. The Balaban J connectivity index is 2.25. The molecule has 0 amide bonds. The van der Waals surface area contributed by atoms with Crippen LogP contribution in [0.2, 0.25) is 0 Å². The highest BCUT2D eigenvalue weighted by Gasteiger charge is 2.04. The van der Waals surface area contributed by atoms with Gasteiger partial charge in [-0.1, -0.05) is 45.9 Å². The first-order valence-corrected chi connectivity index (χ1v) is 7.52.